The zero-order chi connectivity index (χ0) is 18.0. The Bertz CT molecular complexity index is 786. The lowest BCUT2D eigenvalue weighted by atomic mass is 9.99. The Morgan fingerprint density at radius 2 is 2.12 bits per heavy atom. The van der Waals surface area contributed by atoms with E-state index in [1.54, 1.807) is 13.8 Å². The summed E-state index contributed by atoms with van der Waals surface area (Å²) in [6.45, 7) is 5.70. The number of carbonyl (C=O) groups is 1. The summed E-state index contributed by atoms with van der Waals surface area (Å²) in [6, 6.07) is 8.29. The Kier molecular flexibility index (Phi) is 4.97. The van der Waals surface area contributed by atoms with Crippen molar-refractivity contribution in [3.63, 3.8) is 0 Å². The van der Waals surface area contributed by atoms with Crippen LogP contribution in [0.15, 0.2) is 36.5 Å². The molecule has 25 heavy (non-hydrogen) atoms. The van der Waals surface area contributed by atoms with Crippen molar-refractivity contribution in [1.29, 1.82) is 0 Å². The number of fused-ring (bicyclic) bond motifs is 1. The highest BCUT2D eigenvalue weighted by atomic mass is 16.3. The van der Waals surface area contributed by atoms with Crippen LogP contribution in [0.1, 0.15) is 25.8 Å². The van der Waals surface area contributed by atoms with Crippen LogP contribution < -0.4 is 0 Å². The first-order valence-corrected chi connectivity index (χ1v) is 8.78. The first-order valence-electron chi connectivity index (χ1n) is 8.78. The first kappa shape index (κ1) is 17.7. The monoisotopic (exact) mass is 341 g/mol. The minimum Gasteiger partial charge on any atom is -0.389 e. The smallest absolute Gasteiger partial charge is 0.237 e. The van der Waals surface area contributed by atoms with Crippen LogP contribution in [0.3, 0.4) is 0 Å². The number of benzene rings is 1. The van der Waals surface area contributed by atoms with Crippen LogP contribution in [0, 0.1) is 0 Å². The van der Waals surface area contributed by atoms with E-state index in [2.05, 4.69) is 35.5 Å². The molecule has 2 aromatic rings. The summed E-state index contributed by atoms with van der Waals surface area (Å²) in [5, 5.41) is 11.1. The number of hydrogen-bond donors (Lipinski definition) is 2. The van der Waals surface area contributed by atoms with Crippen molar-refractivity contribution in [1.82, 2.24) is 14.8 Å². The van der Waals surface area contributed by atoms with Gasteiger partial charge in [0.05, 0.1) is 12.1 Å². The molecule has 1 aromatic heterocycles. The molecule has 1 amide bonds. The highest BCUT2D eigenvalue weighted by molar-refractivity contribution is 5.93. The third-order valence-electron chi connectivity index (χ3n) is 4.56. The molecule has 5 nitrogen and oxygen atoms in total. The number of likely N-dealkylation sites (N-methyl/N-ethyl adjacent to an activating group) is 1. The van der Waals surface area contributed by atoms with Gasteiger partial charge in [-0.1, -0.05) is 24.3 Å². The van der Waals surface area contributed by atoms with Gasteiger partial charge in [-0.05, 0) is 39.0 Å². The number of para-hydroxylation sites is 1. The van der Waals surface area contributed by atoms with Gasteiger partial charge in [-0.2, -0.15) is 0 Å². The van der Waals surface area contributed by atoms with Crippen LogP contribution in [0.2, 0.25) is 0 Å². The topological polar surface area (TPSA) is 59.6 Å². The van der Waals surface area contributed by atoms with Gasteiger partial charge in [0.2, 0.25) is 5.91 Å². The molecule has 0 spiro atoms. The Hall–Kier alpha value is -2.11. The fourth-order valence-electron chi connectivity index (χ4n) is 3.52. The highest BCUT2D eigenvalue weighted by Gasteiger charge is 2.22. The molecule has 0 fully saturated rings. The molecule has 0 bridgehead atoms. The predicted molar refractivity (Wildman–Crippen MR) is 101 cm³/mol. The molecule has 0 saturated carbocycles. The minimum atomic E-state index is -0.792. The van der Waals surface area contributed by atoms with Gasteiger partial charge >= 0.3 is 0 Å². The van der Waals surface area contributed by atoms with Gasteiger partial charge in [0, 0.05) is 42.3 Å². The normalized spacial score (nSPS) is 15.7. The maximum atomic E-state index is 12.5. The summed E-state index contributed by atoms with van der Waals surface area (Å²) in [4.78, 5) is 19.5. The molecule has 0 radical (unpaired) electrons. The number of carbonyl (C=O) groups excluding carboxylic acids is 1. The third kappa shape index (κ3) is 4.30. The SMILES string of the molecule is CN(CC(=O)N1CC=C(c2c[nH]c3ccccc23)CC1)CC(C)(C)O. The van der Waals surface area contributed by atoms with E-state index in [1.807, 2.05) is 22.9 Å². The van der Waals surface area contributed by atoms with E-state index in [1.165, 1.54) is 16.5 Å². The van der Waals surface area contributed by atoms with Crippen molar-refractivity contribution in [3.8, 4) is 0 Å². The van der Waals surface area contributed by atoms with Crippen LogP contribution in [-0.4, -0.2) is 64.6 Å². The van der Waals surface area contributed by atoms with Crippen molar-refractivity contribution in [2.45, 2.75) is 25.9 Å². The van der Waals surface area contributed by atoms with Crippen LogP contribution in [0.4, 0.5) is 0 Å². The molecule has 0 atom stereocenters. The Morgan fingerprint density at radius 1 is 1.36 bits per heavy atom. The second kappa shape index (κ2) is 7.02. The number of aromatic amines is 1. The van der Waals surface area contributed by atoms with Gasteiger partial charge in [-0.15, -0.1) is 0 Å². The summed E-state index contributed by atoms with van der Waals surface area (Å²) in [7, 11) is 1.87. The second-order valence-electron chi connectivity index (χ2n) is 7.55. The van der Waals surface area contributed by atoms with E-state index in [4.69, 9.17) is 0 Å². The van der Waals surface area contributed by atoms with E-state index in [9.17, 15) is 9.90 Å². The fourth-order valence-corrected chi connectivity index (χ4v) is 3.52. The zero-order valence-electron chi connectivity index (χ0n) is 15.2. The lowest BCUT2D eigenvalue weighted by Gasteiger charge is -2.30. The molecule has 1 aromatic carbocycles. The highest BCUT2D eigenvalue weighted by Crippen LogP contribution is 2.29. The molecule has 0 aliphatic carbocycles. The number of aromatic nitrogens is 1. The molecule has 3 rings (SSSR count). The fraction of sp³-hybridized carbons (Fsp3) is 0.450. The summed E-state index contributed by atoms with van der Waals surface area (Å²) in [5.74, 6) is 0.112. The number of nitrogens with one attached hydrogen (secondary N) is 1. The lowest BCUT2D eigenvalue weighted by molar-refractivity contribution is -0.132. The van der Waals surface area contributed by atoms with Gasteiger partial charge in [-0.3, -0.25) is 9.69 Å². The molecule has 2 N–H and O–H groups in total. The third-order valence-corrected chi connectivity index (χ3v) is 4.56. The molecule has 1 aliphatic rings. The van der Waals surface area contributed by atoms with Gasteiger partial charge in [0.25, 0.3) is 0 Å². The molecule has 0 unspecified atom stereocenters. The van der Waals surface area contributed by atoms with Crippen molar-refractivity contribution in [2.24, 2.45) is 0 Å². The maximum Gasteiger partial charge on any atom is 0.237 e. The number of aliphatic hydroxyl groups is 1. The maximum absolute atomic E-state index is 12.5. The van der Waals surface area contributed by atoms with E-state index in [0.29, 0.717) is 19.6 Å². The van der Waals surface area contributed by atoms with E-state index < -0.39 is 5.60 Å². The van der Waals surface area contributed by atoms with Gasteiger partial charge in [0.15, 0.2) is 0 Å². The quantitative estimate of drug-likeness (QED) is 0.878. The van der Waals surface area contributed by atoms with E-state index >= 15 is 0 Å². The van der Waals surface area contributed by atoms with Crippen molar-refractivity contribution >= 4 is 22.4 Å². The van der Waals surface area contributed by atoms with E-state index in [-0.39, 0.29) is 5.91 Å². The van der Waals surface area contributed by atoms with E-state index in [0.717, 1.165) is 18.5 Å². The molecule has 2 heterocycles. The van der Waals surface area contributed by atoms with Gasteiger partial charge < -0.3 is 15.0 Å². The largest absolute Gasteiger partial charge is 0.389 e. The van der Waals surface area contributed by atoms with Crippen molar-refractivity contribution in [3.05, 3.63) is 42.1 Å². The Labute approximate surface area is 148 Å². The average Bonchev–Trinajstić information content (AvgIpc) is 2.97. The predicted octanol–water partition coefficient (Wildman–Crippen LogP) is 2.49. The standard InChI is InChI=1S/C20H27N3O2/c1-20(2,25)14-22(3)13-19(24)23-10-8-15(9-11-23)17-12-21-18-7-5-4-6-16(17)18/h4-8,12,21,25H,9-11,13-14H2,1-3H3. The van der Waals surface area contributed by atoms with Crippen LogP contribution in [-0.2, 0) is 4.79 Å². The van der Waals surface area contributed by atoms with Crippen molar-refractivity contribution in [2.75, 3.05) is 33.2 Å². The van der Waals surface area contributed by atoms with Crippen molar-refractivity contribution < 1.29 is 9.90 Å². The summed E-state index contributed by atoms with van der Waals surface area (Å²) < 4.78 is 0. The van der Waals surface area contributed by atoms with Crippen LogP contribution >= 0.6 is 0 Å². The van der Waals surface area contributed by atoms with Crippen LogP contribution in [0.5, 0.6) is 0 Å². The number of H-pyrrole nitrogens is 1. The summed E-state index contributed by atoms with van der Waals surface area (Å²) >= 11 is 0. The number of hydrogen-bond acceptors (Lipinski definition) is 3. The summed E-state index contributed by atoms with van der Waals surface area (Å²) in [5.41, 5.74) is 2.89. The average molecular weight is 341 g/mol. The van der Waals surface area contributed by atoms with Gasteiger partial charge in [0.1, 0.15) is 0 Å². The second-order valence-corrected chi connectivity index (χ2v) is 7.55. The minimum absolute atomic E-state index is 0.112. The van der Waals surface area contributed by atoms with Crippen LogP contribution in [0.25, 0.3) is 16.5 Å². The zero-order valence-corrected chi connectivity index (χ0v) is 15.2. The Morgan fingerprint density at radius 3 is 2.80 bits per heavy atom. The van der Waals surface area contributed by atoms with Gasteiger partial charge in [-0.25, -0.2) is 0 Å². The molecule has 1 aliphatic heterocycles. The molecular weight excluding hydrogens is 314 g/mol. The summed E-state index contributed by atoms with van der Waals surface area (Å²) in [6.07, 6.45) is 5.08. The molecular formula is C20H27N3O2. The number of nitrogens with zero attached hydrogens (tertiary/aromatic N) is 2. The number of amides is 1. The lowest BCUT2D eigenvalue weighted by Crippen LogP contribution is -2.44. The molecule has 134 valence electrons. The molecule has 0 saturated heterocycles. The number of rotatable bonds is 5. The first-order chi connectivity index (χ1) is 11.8. The Balaban J connectivity index is 1.63. The molecule has 5 heteroatoms.